The normalized spacial score (nSPS) is 57.2. The van der Waals surface area contributed by atoms with Crippen LogP contribution in [-0.4, -0.2) is 11.7 Å². The lowest BCUT2D eigenvalue weighted by Gasteiger charge is -2.35. The van der Waals surface area contributed by atoms with Crippen LogP contribution in [0.2, 0.25) is 0 Å². The molecule has 0 aromatic carbocycles. The third-order valence-electron chi connectivity index (χ3n) is 4.29. The van der Waals surface area contributed by atoms with Gasteiger partial charge in [0.1, 0.15) is 0 Å². The average Bonchev–Trinajstić information content (AvgIpc) is 2.70. The van der Waals surface area contributed by atoms with Gasteiger partial charge in [-0.1, -0.05) is 25.7 Å². The third-order valence-corrected chi connectivity index (χ3v) is 4.29. The van der Waals surface area contributed by atoms with E-state index < -0.39 is 0 Å². The van der Waals surface area contributed by atoms with E-state index >= 15 is 0 Å². The number of rotatable bonds is 0. The van der Waals surface area contributed by atoms with Gasteiger partial charge in [0.05, 0.1) is 11.7 Å². The van der Waals surface area contributed by atoms with E-state index in [2.05, 4.69) is 6.92 Å². The first-order valence-corrected chi connectivity index (χ1v) is 5.46. The van der Waals surface area contributed by atoms with E-state index in [0.29, 0.717) is 11.7 Å². The maximum Gasteiger partial charge on any atom is 0.0923 e. The molecule has 1 aliphatic heterocycles. The summed E-state index contributed by atoms with van der Waals surface area (Å²) in [6, 6.07) is 0. The maximum atomic E-state index is 5.76. The molecule has 0 aromatic rings. The molecule has 3 aliphatic rings. The number of fused-ring (bicyclic) bond motifs is 2. The van der Waals surface area contributed by atoms with Crippen LogP contribution in [0.5, 0.6) is 0 Å². The van der Waals surface area contributed by atoms with Crippen LogP contribution in [0.4, 0.5) is 0 Å². The zero-order chi connectivity index (χ0) is 8.18. The van der Waals surface area contributed by atoms with E-state index in [1.165, 1.54) is 38.5 Å². The van der Waals surface area contributed by atoms with E-state index in [9.17, 15) is 0 Å². The molecule has 4 atom stereocenters. The van der Waals surface area contributed by atoms with Gasteiger partial charge in [0.25, 0.3) is 0 Å². The average molecular weight is 166 g/mol. The second kappa shape index (κ2) is 2.25. The van der Waals surface area contributed by atoms with Crippen molar-refractivity contribution in [3.63, 3.8) is 0 Å². The van der Waals surface area contributed by atoms with E-state index in [-0.39, 0.29) is 0 Å². The fourth-order valence-electron chi connectivity index (χ4n) is 3.43. The molecule has 0 amide bonds. The Hall–Kier alpha value is -0.0400. The standard InChI is InChI=1S/C11H18O/c1-11-7-9-5-3-2-4-8(9)6-10(11)12-11/h8-10H,2-7H2,1H3. The van der Waals surface area contributed by atoms with Gasteiger partial charge in [0, 0.05) is 0 Å². The summed E-state index contributed by atoms with van der Waals surface area (Å²) in [4.78, 5) is 0. The molecule has 2 saturated carbocycles. The van der Waals surface area contributed by atoms with Gasteiger partial charge in [-0.2, -0.15) is 0 Å². The van der Waals surface area contributed by atoms with Gasteiger partial charge < -0.3 is 4.74 Å². The number of epoxide rings is 1. The highest BCUT2D eigenvalue weighted by Crippen LogP contribution is 2.54. The third kappa shape index (κ3) is 0.953. The molecule has 0 bridgehead atoms. The van der Waals surface area contributed by atoms with E-state index in [4.69, 9.17) is 4.74 Å². The lowest BCUT2D eigenvalue weighted by atomic mass is 9.68. The van der Waals surface area contributed by atoms with Crippen LogP contribution >= 0.6 is 0 Å². The first-order valence-electron chi connectivity index (χ1n) is 5.46. The fraction of sp³-hybridized carbons (Fsp3) is 1.00. The Labute approximate surface area is 74.5 Å². The molecule has 0 spiro atoms. The molecular formula is C11H18O. The summed E-state index contributed by atoms with van der Waals surface area (Å²) < 4.78 is 5.76. The Morgan fingerprint density at radius 3 is 2.75 bits per heavy atom. The summed E-state index contributed by atoms with van der Waals surface area (Å²) in [5.41, 5.74) is 0.332. The number of hydrogen-bond donors (Lipinski definition) is 0. The van der Waals surface area contributed by atoms with Crippen LogP contribution in [0.3, 0.4) is 0 Å². The minimum atomic E-state index is 0.332. The number of ether oxygens (including phenoxy) is 1. The van der Waals surface area contributed by atoms with E-state index in [1.807, 2.05) is 0 Å². The molecule has 1 heterocycles. The van der Waals surface area contributed by atoms with Crippen molar-refractivity contribution < 1.29 is 4.74 Å². The molecule has 12 heavy (non-hydrogen) atoms. The minimum Gasteiger partial charge on any atom is -0.366 e. The smallest absolute Gasteiger partial charge is 0.0923 e. The second-order valence-electron chi connectivity index (χ2n) is 5.16. The van der Waals surface area contributed by atoms with Crippen molar-refractivity contribution in [2.75, 3.05) is 0 Å². The Morgan fingerprint density at radius 2 is 1.92 bits per heavy atom. The lowest BCUT2D eigenvalue weighted by Crippen LogP contribution is -2.32. The predicted octanol–water partition coefficient (Wildman–Crippen LogP) is 2.74. The van der Waals surface area contributed by atoms with Gasteiger partial charge in [-0.25, -0.2) is 0 Å². The Bertz CT molecular complexity index is 201. The Balaban J connectivity index is 1.75. The predicted molar refractivity (Wildman–Crippen MR) is 48.0 cm³/mol. The quantitative estimate of drug-likeness (QED) is 0.504. The molecule has 0 N–H and O–H groups in total. The molecule has 68 valence electrons. The maximum absolute atomic E-state index is 5.76. The summed E-state index contributed by atoms with van der Waals surface area (Å²) in [6.07, 6.45) is 9.31. The van der Waals surface area contributed by atoms with Crippen molar-refractivity contribution in [3.05, 3.63) is 0 Å². The Kier molecular flexibility index (Phi) is 1.39. The van der Waals surface area contributed by atoms with Crippen molar-refractivity contribution in [1.29, 1.82) is 0 Å². The van der Waals surface area contributed by atoms with Crippen LogP contribution in [0.25, 0.3) is 0 Å². The molecule has 2 aliphatic carbocycles. The molecule has 1 heteroatoms. The SMILES string of the molecule is CC12CC3CCCCC3CC1O2. The van der Waals surface area contributed by atoms with E-state index in [1.54, 1.807) is 0 Å². The van der Waals surface area contributed by atoms with Gasteiger partial charge in [0.2, 0.25) is 0 Å². The topological polar surface area (TPSA) is 12.5 Å². The van der Waals surface area contributed by atoms with Gasteiger partial charge in [-0.3, -0.25) is 0 Å². The van der Waals surface area contributed by atoms with Crippen molar-refractivity contribution in [3.8, 4) is 0 Å². The fourth-order valence-corrected chi connectivity index (χ4v) is 3.43. The van der Waals surface area contributed by atoms with Gasteiger partial charge in [-0.05, 0) is 31.6 Å². The summed E-state index contributed by atoms with van der Waals surface area (Å²) >= 11 is 0. The van der Waals surface area contributed by atoms with Crippen molar-refractivity contribution in [2.24, 2.45) is 11.8 Å². The zero-order valence-corrected chi connectivity index (χ0v) is 7.88. The minimum absolute atomic E-state index is 0.332. The van der Waals surface area contributed by atoms with Crippen molar-refractivity contribution in [2.45, 2.75) is 57.2 Å². The number of hydrogen-bond acceptors (Lipinski definition) is 1. The summed E-state index contributed by atoms with van der Waals surface area (Å²) in [5.74, 6) is 2.04. The highest BCUT2D eigenvalue weighted by atomic mass is 16.6. The van der Waals surface area contributed by atoms with Crippen LogP contribution in [-0.2, 0) is 4.74 Å². The first-order chi connectivity index (χ1) is 5.78. The highest BCUT2D eigenvalue weighted by Gasteiger charge is 2.58. The highest BCUT2D eigenvalue weighted by molar-refractivity contribution is 5.06. The zero-order valence-electron chi connectivity index (χ0n) is 7.88. The summed E-state index contributed by atoms with van der Waals surface area (Å²) in [7, 11) is 0. The molecule has 3 fully saturated rings. The van der Waals surface area contributed by atoms with Crippen LogP contribution in [0, 0.1) is 11.8 Å². The van der Waals surface area contributed by atoms with Crippen molar-refractivity contribution in [1.82, 2.24) is 0 Å². The summed E-state index contributed by atoms with van der Waals surface area (Å²) in [5, 5.41) is 0. The lowest BCUT2D eigenvalue weighted by molar-refractivity contribution is 0.166. The van der Waals surface area contributed by atoms with Crippen LogP contribution in [0.15, 0.2) is 0 Å². The molecule has 1 saturated heterocycles. The molecule has 1 nitrogen and oxygen atoms in total. The summed E-state index contributed by atoms with van der Waals surface area (Å²) in [6.45, 7) is 2.31. The van der Waals surface area contributed by atoms with E-state index in [0.717, 1.165) is 11.8 Å². The van der Waals surface area contributed by atoms with Crippen LogP contribution < -0.4 is 0 Å². The van der Waals surface area contributed by atoms with Gasteiger partial charge >= 0.3 is 0 Å². The second-order valence-corrected chi connectivity index (χ2v) is 5.16. The molecule has 4 unspecified atom stereocenters. The monoisotopic (exact) mass is 166 g/mol. The van der Waals surface area contributed by atoms with Crippen molar-refractivity contribution >= 4 is 0 Å². The largest absolute Gasteiger partial charge is 0.366 e. The molecule has 0 aromatic heterocycles. The molecular weight excluding hydrogens is 148 g/mol. The molecule has 0 radical (unpaired) electrons. The first kappa shape index (κ1) is 7.37. The van der Waals surface area contributed by atoms with Gasteiger partial charge in [0.15, 0.2) is 0 Å². The molecule has 3 rings (SSSR count). The van der Waals surface area contributed by atoms with Gasteiger partial charge in [-0.15, -0.1) is 0 Å². The van der Waals surface area contributed by atoms with Crippen LogP contribution in [0.1, 0.15) is 45.4 Å². The Morgan fingerprint density at radius 1 is 1.17 bits per heavy atom.